The molecule has 0 spiro atoms. The molecule has 0 aromatic heterocycles. The number of hydrogen-bond acceptors (Lipinski definition) is 8. The van der Waals surface area contributed by atoms with Crippen LogP contribution in [0.5, 0.6) is 0 Å². The molecule has 0 heterocycles. The summed E-state index contributed by atoms with van der Waals surface area (Å²) in [5, 5.41) is 11.0. The number of carbonyl (C=O) groups is 2. The molecule has 0 bridgehead atoms. The van der Waals surface area contributed by atoms with E-state index in [1.807, 2.05) is 0 Å². The highest BCUT2D eigenvalue weighted by molar-refractivity contribution is 7.92. The molecule has 0 aliphatic carbocycles. The van der Waals surface area contributed by atoms with Crippen molar-refractivity contribution < 1.29 is 32.4 Å². The zero-order valence-electron chi connectivity index (χ0n) is 11.1. The van der Waals surface area contributed by atoms with E-state index >= 15 is 0 Å². The molecule has 0 radical (unpaired) electrons. The van der Waals surface area contributed by atoms with Gasteiger partial charge in [-0.25, -0.2) is 13.2 Å². The molecule has 0 saturated heterocycles. The number of hydrogen-bond donors (Lipinski definition) is 0. The van der Waals surface area contributed by atoms with E-state index in [2.05, 4.69) is 9.47 Å². The number of benzene rings is 1. The molecule has 114 valence electrons. The standard InChI is InChI=1S/C11H11NO8S/c1-19-10(13)6-21(17,18)9-4-3-7(11(14)20-2)5-8(9)12(15)16/h3-5H,6H2,1-2H3. The number of sulfone groups is 1. The minimum atomic E-state index is -4.26. The molecule has 1 aromatic rings. The van der Waals surface area contributed by atoms with Crippen molar-refractivity contribution in [2.75, 3.05) is 20.0 Å². The fraction of sp³-hybridized carbons (Fsp3) is 0.273. The van der Waals surface area contributed by atoms with Gasteiger partial charge >= 0.3 is 11.9 Å². The Hall–Kier alpha value is -2.49. The van der Waals surface area contributed by atoms with Crippen LogP contribution in [0.3, 0.4) is 0 Å². The van der Waals surface area contributed by atoms with Crippen molar-refractivity contribution in [3.8, 4) is 0 Å². The van der Waals surface area contributed by atoms with Crippen LogP contribution in [0.15, 0.2) is 23.1 Å². The van der Waals surface area contributed by atoms with Gasteiger partial charge in [-0.1, -0.05) is 0 Å². The largest absolute Gasteiger partial charge is 0.468 e. The van der Waals surface area contributed by atoms with E-state index in [0.29, 0.717) is 0 Å². The second kappa shape index (κ2) is 6.31. The lowest BCUT2D eigenvalue weighted by Crippen LogP contribution is -2.18. The third-order valence-corrected chi connectivity index (χ3v) is 4.08. The molecular weight excluding hydrogens is 306 g/mol. The summed E-state index contributed by atoms with van der Waals surface area (Å²) in [6, 6.07) is 2.71. The SMILES string of the molecule is COC(=O)CS(=O)(=O)c1ccc(C(=O)OC)cc1[N+](=O)[O-]. The number of nitrogens with zero attached hydrogens (tertiary/aromatic N) is 1. The average molecular weight is 317 g/mol. The molecule has 9 nitrogen and oxygen atoms in total. The van der Waals surface area contributed by atoms with Gasteiger partial charge in [0.15, 0.2) is 15.6 Å². The Morgan fingerprint density at radius 1 is 1.24 bits per heavy atom. The molecular formula is C11H11NO8S. The van der Waals surface area contributed by atoms with Crippen LogP contribution in [0.2, 0.25) is 0 Å². The smallest absolute Gasteiger partial charge is 0.338 e. The minimum absolute atomic E-state index is 0.179. The Morgan fingerprint density at radius 3 is 2.33 bits per heavy atom. The molecule has 0 aliphatic rings. The molecule has 21 heavy (non-hydrogen) atoms. The van der Waals surface area contributed by atoms with Crippen LogP contribution in [-0.2, 0) is 24.1 Å². The van der Waals surface area contributed by atoms with Crippen LogP contribution in [0.4, 0.5) is 5.69 Å². The van der Waals surface area contributed by atoms with Gasteiger partial charge in [-0.05, 0) is 12.1 Å². The summed E-state index contributed by atoms with van der Waals surface area (Å²) in [5.41, 5.74) is -0.997. The van der Waals surface area contributed by atoms with Crippen LogP contribution in [0.25, 0.3) is 0 Å². The predicted octanol–water partition coefficient (Wildman–Crippen LogP) is 0.328. The Labute approximate surface area is 119 Å². The normalized spacial score (nSPS) is 10.8. The van der Waals surface area contributed by atoms with Crippen LogP contribution >= 0.6 is 0 Å². The Balaban J connectivity index is 3.40. The number of rotatable bonds is 5. The highest BCUT2D eigenvalue weighted by Crippen LogP contribution is 2.26. The first-order valence-corrected chi connectivity index (χ1v) is 7.04. The highest BCUT2D eigenvalue weighted by atomic mass is 32.2. The van der Waals surface area contributed by atoms with E-state index in [0.717, 1.165) is 32.4 Å². The number of ether oxygens (including phenoxy) is 2. The van der Waals surface area contributed by atoms with Gasteiger partial charge in [-0.2, -0.15) is 0 Å². The van der Waals surface area contributed by atoms with E-state index in [1.54, 1.807) is 0 Å². The van der Waals surface area contributed by atoms with Gasteiger partial charge in [-0.3, -0.25) is 14.9 Å². The lowest BCUT2D eigenvalue weighted by atomic mass is 10.2. The van der Waals surface area contributed by atoms with Crippen molar-refractivity contribution in [2.24, 2.45) is 0 Å². The molecule has 1 aromatic carbocycles. The third-order valence-electron chi connectivity index (χ3n) is 2.45. The molecule has 0 atom stereocenters. The fourth-order valence-electron chi connectivity index (χ4n) is 1.46. The lowest BCUT2D eigenvalue weighted by molar-refractivity contribution is -0.387. The Morgan fingerprint density at radius 2 is 1.86 bits per heavy atom. The molecule has 0 saturated carbocycles. The molecule has 0 N–H and O–H groups in total. The van der Waals surface area contributed by atoms with Crippen LogP contribution in [0, 0.1) is 10.1 Å². The van der Waals surface area contributed by atoms with E-state index in [-0.39, 0.29) is 5.56 Å². The second-order valence-corrected chi connectivity index (χ2v) is 5.72. The number of nitro groups is 1. The molecule has 0 fully saturated rings. The maximum atomic E-state index is 12.0. The maximum absolute atomic E-state index is 12.0. The second-order valence-electron chi connectivity index (χ2n) is 3.77. The number of methoxy groups -OCH3 is 2. The first kappa shape index (κ1) is 16.6. The number of carbonyl (C=O) groups excluding carboxylic acids is 2. The third kappa shape index (κ3) is 3.75. The van der Waals surface area contributed by atoms with Crippen molar-refractivity contribution >= 4 is 27.5 Å². The lowest BCUT2D eigenvalue weighted by Gasteiger charge is -2.06. The summed E-state index contributed by atoms with van der Waals surface area (Å²) in [7, 11) is -2.19. The first-order chi connectivity index (χ1) is 9.72. The van der Waals surface area contributed by atoms with Gasteiger partial charge < -0.3 is 9.47 Å². The molecule has 0 aliphatic heterocycles. The quantitative estimate of drug-likeness (QED) is 0.431. The van der Waals surface area contributed by atoms with Gasteiger partial charge in [0.05, 0.1) is 24.7 Å². The zero-order valence-corrected chi connectivity index (χ0v) is 11.9. The summed E-state index contributed by atoms with van der Waals surface area (Å²) in [5.74, 6) is -2.95. The highest BCUT2D eigenvalue weighted by Gasteiger charge is 2.29. The summed E-state index contributed by atoms with van der Waals surface area (Å²) < 4.78 is 32.5. The maximum Gasteiger partial charge on any atom is 0.338 e. The van der Waals surface area contributed by atoms with Gasteiger partial charge in [0.25, 0.3) is 5.69 Å². The fourth-order valence-corrected chi connectivity index (χ4v) is 2.77. The summed E-state index contributed by atoms with van der Waals surface area (Å²) >= 11 is 0. The van der Waals surface area contributed by atoms with E-state index in [9.17, 15) is 28.1 Å². The average Bonchev–Trinajstić information content (AvgIpc) is 2.45. The van der Waals surface area contributed by atoms with Crippen LogP contribution in [-0.4, -0.2) is 45.3 Å². The van der Waals surface area contributed by atoms with Crippen molar-refractivity contribution in [3.63, 3.8) is 0 Å². The van der Waals surface area contributed by atoms with Gasteiger partial charge in [0.1, 0.15) is 4.90 Å². The summed E-state index contributed by atoms with van der Waals surface area (Å²) in [6.07, 6.45) is 0. The number of esters is 2. The molecule has 0 amide bonds. The van der Waals surface area contributed by atoms with E-state index in [1.165, 1.54) is 0 Å². The van der Waals surface area contributed by atoms with Crippen molar-refractivity contribution in [3.05, 3.63) is 33.9 Å². The Bertz CT molecular complexity index is 694. The minimum Gasteiger partial charge on any atom is -0.468 e. The van der Waals surface area contributed by atoms with E-state index in [4.69, 9.17) is 0 Å². The van der Waals surface area contributed by atoms with Gasteiger partial charge in [0, 0.05) is 6.07 Å². The summed E-state index contributed by atoms with van der Waals surface area (Å²) in [4.78, 5) is 31.7. The van der Waals surface area contributed by atoms with Crippen molar-refractivity contribution in [1.82, 2.24) is 0 Å². The van der Waals surface area contributed by atoms with E-state index < -0.39 is 43.0 Å². The topological polar surface area (TPSA) is 130 Å². The van der Waals surface area contributed by atoms with Gasteiger partial charge in [-0.15, -0.1) is 0 Å². The molecule has 10 heteroatoms. The van der Waals surface area contributed by atoms with Crippen molar-refractivity contribution in [2.45, 2.75) is 4.90 Å². The Kier molecular flexibility index (Phi) is 4.97. The predicted molar refractivity (Wildman–Crippen MR) is 68.5 cm³/mol. The summed E-state index contributed by atoms with van der Waals surface area (Å²) in [6.45, 7) is 0. The first-order valence-electron chi connectivity index (χ1n) is 5.39. The zero-order chi connectivity index (χ0) is 16.2. The van der Waals surface area contributed by atoms with Crippen LogP contribution < -0.4 is 0 Å². The van der Waals surface area contributed by atoms with Crippen LogP contribution in [0.1, 0.15) is 10.4 Å². The number of nitro benzene ring substituents is 1. The monoisotopic (exact) mass is 317 g/mol. The molecule has 0 unspecified atom stereocenters. The molecule has 1 rings (SSSR count). The van der Waals surface area contributed by atoms with Crippen molar-refractivity contribution in [1.29, 1.82) is 0 Å². The van der Waals surface area contributed by atoms with Gasteiger partial charge in [0.2, 0.25) is 0 Å².